The lowest BCUT2D eigenvalue weighted by Gasteiger charge is -2.18. The van der Waals surface area contributed by atoms with E-state index in [1.165, 1.54) is 5.56 Å². The van der Waals surface area contributed by atoms with E-state index >= 15 is 0 Å². The SMILES string of the molecule is CCC(CCc1ccc(OCC(=O)C(C)(C)C)c(C)c1)c1cc2ccc(C(=O)O)cc2o1. The van der Waals surface area contributed by atoms with Crippen molar-refractivity contribution in [2.75, 3.05) is 6.61 Å². The molecule has 3 aromatic rings. The zero-order valence-corrected chi connectivity index (χ0v) is 19.5. The van der Waals surface area contributed by atoms with E-state index in [0.717, 1.165) is 41.7 Å². The molecule has 0 spiro atoms. The summed E-state index contributed by atoms with van der Waals surface area (Å²) in [4.78, 5) is 23.3. The molecule has 0 amide bonds. The van der Waals surface area contributed by atoms with Gasteiger partial charge in [-0.2, -0.15) is 0 Å². The third-order valence-electron chi connectivity index (χ3n) is 5.90. The molecule has 1 aromatic heterocycles. The second kappa shape index (κ2) is 9.60. The molecule has 1 N–H and O–H groups in total. The summed E-state index contributed by atoms with van der Waals surface area (Å²) >= 11 is 0. The van der Waals surface area contributed by atoms with Crippen LogP contribution in [0.15, 0.2) is 46.9 Å². The van der Waals surface area contributed by atoms with Gasteiger partial charge in [-0.15, -0.1) is 0 Å². The Bertz CT molecular complexity index is 1120. The molecule has 5 heteroatoms. The van der Waals surface area contributed by atoms with Crippen molar-refractivity contribution >= 4 is 22.7 Å². The number of carbonyl (C=O) groups excluding carboxylic acids is 1. The van der Waals surface area contributed by atoms with Crippen LogP contribution in [0.25, 0.3) is 11.0 Å². The van der Waals surface area contributed by atoms with E-state index in [0.29, 0.717) is 5.58 Å². The van der Waals surface area contributed by atoms with Gasteiger partial charge >= 0.3 is 5.97 Å². The van der Waals surface area contributed by atoms with Gasteiger partial charge in [0.15, 0.2) is 5.78 Å². The van der Waals surface area contributed by atoms with Gasteiger partial charge in [0, 0.05) is 16.7 Å². The van der Waals surface area contributed by atoms with Crippen LogP contribution in [0.1, 0.15) is 73.7 Å². The van der Waals surface area contributed by atoms with Crippen molar-refractivity contribution in [3.8, 4) is 5.75 Å². The second-order valence-corrected chi connectivity index (χ2v) is 9.41. The third-order valence-corrected chi connectivity index (χ3v) is 5.90. The maximum Gasteiger partial charge on any atom is 0.335 e. The molecule has 5 nitrogen and oxygen atoms in total. The minimum absolute atomic E-state index is 0.0769. The number of hydrogen-bond donors (Lipinski definition) is 1. The van der Waals surface area contributed by atoms with Gasteiger partial charge in [0.05, 0.1) is 5.56 Å². The van der Waals surface area contributed by atoms with E-state index in [1.54, 1.807) is 18.2 Å². The first-order valence-electron chi connectivity index (χ1n) is 11.1. The Morgan fingerprint density at radius 2 is 1.84 bits per heavy atom. The molecule has 0 aliphatic rings. The number of hydrogen-bond acceptors (Lipinski definition) is 4. The Morgan fingerprint density at radius 1 is 1.09 bits per heavy atom. The molecule has 1 unspecified atom stereocenters. The van der Waals surface area contributed by atoms with Crippen molar-refractivity contribution in [3.05, 3.63) is 64.9 Å². The molecule has 0 fully saturated rings. The van der Waals surface area contributed by atoms with Crippen LogP contribution in [0.2, 0.25) is 0 Å². The van der Waals surface area contributed by atoms with Crippen LogP contribution in [0.4, 0.5) is 0 Å². The highest BCUT2D eigenvalue weighted by atomic mass is 16.5. The fraction of sp³-hybridized carbons (Fsp3) is 0.407. The number of ether oxygens (including phenoxy) is 1. The minimum atomic E-state index is -0.956. The third kappa shape index (κ3) is 5.58. The van der Waals surface area contributed by atoms with Crippen LogP contribution in [0.5, 0.6) is 5.75 Å². The number of rotatable bonds is 9. The summed E-state index contributed by atoms with van der Waals surface area (Å²) in [6, 6.07) is 13.1. The number of aromatic carboxylic acids is 1. The standard InChI is InChI=1S/C27H32O5/c1-6-19(23-14-20-10-11-21(26(29)30)15-24(20)32-23)9-7-18-8-12-22(17(2)13-18)31-16-25(28)27(3,4)5/h8,10-15,19H,6-7,9,16H2,1-5H3,(H,29,30). The van der Waals surface area contributed by atoms with Gasteiger partial charge in [0.2, 0.25) is 0 Å². The first-order chi connectivity index (χ1) is 15.1. The summed E-state index contributed by atoms with van der Waals surface area (Å²) in [5, 5.41) is 10.1. The minimum Gasteiger partial charge on any atom is -0.486 e. The Balaban J connectivity index is 1.66. The van der Waals surface area contributed by atoms with Crippen molar-refractivity contribution in [2.24, 2.45) is 5.41 Å². The highest BCUT2D eigenvalue weighted by Gasteiger charge is 2.22. The molecule has 32 heavy (non-hydrogen) atoms. The molecule has 1 heterocycles. The number of benzene rings is 2. The Morgan fingerprint density at radius 3 is 2.47 bits per heavy atom. The molecular weight excluding hydrogens is 404 g/mol. The maximum absolute atomic E-state index is 12.1. The van der Waals surface area contributed by atoms with Crippen molar-refractivity contribution in [2.45, 2.75) is 59.8 Å². The molecule has 0 saturated carbocycles. The van der Waals surface area contributed by atoms with Gasteiger partial charge in [-0.1, -0.05) is 45.9 Å². The number of aryl methyl sites for hydroxylation is 2. The lowest BCUT2D eigenvalue weighted by Crippen LogP contribution is -2.26. The predicted molar refractivity (Wildman–Crippen MR) is 126 cm³/mol. The Hall–Kier alpha value is -3.08. The predicted octanol–water partition coefficient (Wildman–Crippen LogP) is 6.56. The van der Waals surface area contributed by atoms with Crippen molar-refractivity contribution in [1.82, 2.24) is 0 Å². The number of ketones is 1. The normalized spacial score (nSPS) is 12.7. The van der Waals surface area contributed by atoms with Crippen LogP contribution in [0, 0.1) is 12.3 Å². The summed E-state index contributed by atoms with van der Waals surface area (Å²) in [6.07, 6.45) is 2.74. The molecule has 3 rings (SSSR count). The molecule has 170 valence electrons. The smallest absolute Gasteiger partial charge is 0.335 e. The molecular formula is C27H32O5. The maximum atomic E-state index is 12.1. The van der Waals surface area contributed by atoms with Crippen LogP contribution in [0.3, 0.4) is 0 Å². The zero-order valence-electron chi connectivity index (χ0n) is 19.5. The van der Waals surface area contributed by atoms with Gasteiger partial charge in [-0.3, -0.25) is 4.79 Å². The average molecular weight is 437 g/mol. The number of Topliss-reactive ketones (excluding diaryl/α,β-unsaturated/α-hetero) is 1. The van der Waals surface area contributed by atoms with Gasteiger partial charge in [-0.05, 0) is 61.6 Å². The van der Waals surface area contributed by atoms with Crippen molar-refractivity contribution < 1.29 is 23.8 Å². The largest absolute Gasteiger partial charge is 0.486 e. The topological polar surface area (TPSA) is 76.7 Å². The summed E-state index contributed by atoms with van der Waals surface area (Å²) < 4.78 is 11.8. The number of carboxylic acids is 1. The quantitative estimate of drug-likeness (QED) is 0.411. The fourth-order valence-electron chi connectivity index (χ4n) is 3.66. The molecule has 0 saturated heterocycles. The van der Waals surface area contributed by atoms with Crippen molar-refractivity contribution in [3.63, 3.8) is 0 Å². The van der Waals surface area contributed by atoms with Crippen LogP contribution >= 0.6 is 0 Å². The lowest BCUT2D eigenvalue weighted by atomic mass is 9.91. The molecule has 0 aliphatic heterocycles. The summed E-state index contributed by atoms with van der Waals surface area (Å²) in [5.74, 6) is 0.999. The van der Waals surface area contributed by atoms with Crippen molar-refractivity contribution in [1.29, 1.82) is 0 Å². The van der Waals surface area contributed by atoms with Gasteiger partial charge in [0.1, 0.15) is 23.7 Å². The van der Waals surface area contributed by atoms with E-state index in [1.807, 2.05) is 45.9 Å². The first kappa shape index (κ1) is 23.6. The lowest BCUT2D eigenvalue weighted by molar-refractivity contribution is -0.128. The van der Waals surface area contributed by atoms with Gasteiger partial charge < -0.3 is 14.3 Å². The van der Waals surface area contributed by atoms with Gasteiger partial charge in [0.25, 0.3) is 0 Å². The molecule has 1 atom stereocenters. The monoisotopic (exact) mass is 436 g/mol. The van der Waals surface area contributed by atoms with Crippen LogP contribution in [-0.4, -0.2) is 23.5 Å². The molecule has 0 aliphatic carbocycles. The molecule has 0 bridgehead atoms. The number of fused-ring (bicyclic) bond motifs is 1. The Kier molecular flexibility index (Phi) is 7.07. The summed E-state index contributed by atoms with van der Waals surface area (Å²) in [7, 11) is 0. The van der Waals surface area contributed by atoms with Crippen LogP contribution < -0.4 is 4.74 Å². The highest BCUT2D eigenvalue weighted by Crippen LogP contribution is 2.31. The zero-order chi connectivity index (χ0) is 23.5. The molecule has 2 aromatic carbocycles. The molecule has 0 radical (unpaired) electrons. The van der Waals surface area contributed by atoms with E-state index in [2.05, 4.69) is 13.0 Å². The Labute approximate surface area is 189 Å². The number of carbonyl (C=O) groups is 2. The summed E-state index contributed by atoms with van der Waals surface area (Å²) in [5.41, 5.74) is 2.66. The first-order valence-corrected chi connectivity index (χ1v) is 11.1. The van der Waals surface area contributed by atoms with E-state index in [9.17, 15) is 14.7 Å². The fourth-order valence-corrected chi connectivity index (χ4v) is 3.66. The number of carboxylic acid groups (broad SMARTS) is 1. The highest BCUT2D eigenvalue weighted by molar-refractivity contribution is 5.92. The van der Waals surface area contributed by atoms with Crippen LogP contribution in [-0.2, 0) is 11.2 Å². The summed E-state index contributed by atoms with van der Waals surface area (Å²) in [6.45, 7) is 9.90. The van der Waals surface area contributed by atoms with E-state index < -0.39 is 11.4 Å². The second-order valence-electron chi connectivity index (χ2n) is 9.41. The van der Waals surface area contributed by atoms with E-state index in [4.69, 9.17) is 9.15 Å². The van der Waals surface area contributed by atoms with E-state index in [-0.39, 0.29) is 23.9 Å². The average Bonchev–Trinajstić information content (AvgIpc) is 3.15. The van der Waals surface area contributed by atoms with Gasteiger partial charge in [-0.25, -0.2) is 4.79 Å². The number of furan rings is 1.